The number of fused-ring (bicyclic) bond motifs is 1. The van der Waals surface area contributed by atoms with Crippen LogP contribution in [0.2, 0.25) is 0 Å². The second-order valence-corrected chi connectivity index (χ2v) is 15.5. The minimum Gasteiger partial charge on any atom is -0.497 e. The maximum Gasteiger partial charge on any atom is 0.351 e. The van der Waals surface area contributed by atoms with Crippen LogP contribution in [0.25, 0.3) is 0 Å². The van der Waals surface area contributed by atoms with Crippen LogP contribution in [0.15, 0.2) is 126 Å². The minimum absolute atomic E-state index is 0.0923. The fourth-order valence-corrected chi connectivity index (χ4v) is 9.92. The molecule has 13 heteroatoms. The van der Waals surface area contributed by atoms with Gasteiger partial charge in [0.25, 0.3) is 8.53 Å². The SMILES string of the molecule is COc1ccc(C(OC[C@H]2O[C@@H](n3ccc(NC(C)=O)nc3=O)C[C@@H]2OP2O[C@@H](c3ccccc3)[C@H]3CCCN32)(c2ccccc2)c2ccc(OC)cc2)cc1. The molecule has 1 aromatic heterocycles. The Labute approximate surface area is 327 Å². The van der Waals surface area contributed by atoms with E-state index in [-0.39, 0.29) is 30.5 Å². The van der Waals surface area contributed by atoms with Gasteiger partial charge in [-0.1, -0.05) is 84.9 Å². The van der Waals surface area contributed by atoms with E-state index in [0.29, 0.717) is 6.42 Å². The molecule has 0 bridgehead atoms. The van der Waals surface area contributed by atoms with E-state index in [0.717, 1.165) is 53.1 Å². The summed E-state index contributed by atoms with van der Waals surface area (Å²) in [6, 6.07) is 37.9. The molecule has 3 fully saturated rings. The molecule has 0 saturated carbocycles. The Balaban J connectivity index is 1.16. The third kappa shape index (κ3) is 7.61. The predicted molar refractivity (Wildman–Crippen MR) is 211 cm³/mol. The molecule has 12 nitrogen and oxygen atoms in total. The molecule has 4 heterocycles. The molecule has 0 radical (unpaired) electrons. The highest BCUT2D eigenvalue weighted by Gasteiger charge is 2.51. The second-order valence-electron chi connectivity index (χ2n) is 14.1. The summed E-state index contributed by atoms with van der Waals surface area (Å²) in [5.41, 5.74) is 2.14. The van der Waals surface area contributed by atoms with E-state index in [1.807, 2.05) is 84.9 Å². The highest BCUT2D eigenvalue weighted by atomic mass is 31.2. The molecular formula is C43H45N4O8P. The van der Waals surface area contributed by atoms with Crippen molar-refractivity contribution >= 4 is 20.3 Å². The number of rotatable bonds is 13. The fourth-order valence-electron chi connectivity index (χ4n) is 7.94. The molecule has 56 heavy (non-hydrogen) atoms. The van der Waals surface area contributed by atoms with Gasteiger partial charge in [0, 0.05) is 32.1 Å². The van der Waals surface area contributed by atoms with Crippen LogP contribution in [0.4, 0.5) is 5.82 Å². The minimum atomic E-state index is -1.46. The molecule has 3 aliphatic rings. The quantitative estimate of drug-likeness (QED) is 0.0959. The first-order chi connectivity index (χ1) is 27.4. The fraction of sp³-hybridized carbons (Fsp3) is 0.326. The number of benzene rings is 4. The third-order valence-electron chi connectivity index (χ3n) is 10.6. The molecular weight excluding hydrogens is 731 g/mol. The second kappa shape index (κ2) is 16.7. The van der Waals surface area contributed by atoms with Crippen molar-refractivity contribution in [2.75, 3.05) is 32.7 Å². The highest BCUT2D eigenvalue weighted by molar-refractivity contribution is 7.45. The first-order valence-electron chi connectivity index (χ1n) is 18.8. The number of hydrogen-bond donors (Lipinski definition) is 1. The molecule has 1 amide bonds. The van der Waals surface area contributed by atoms with Crippen molar-refractivity contribution in [3.05, 3.63) is 154 Å². The van der Waals surface area contributed by atoms with E-state index in [2.05, 4.69) is 39.2 Å². The zero-order valence-corrected chi connectivity index (χ0v) is 32.4. The normalized spacial score (nSPS) is 23.5. The van der Waals surface area contributed by atoms with Gasteiger partial charge in [-0.3, -0.25) is 9.36 Å². The van der Waals surface area contributed by atoms with Crippen molar-refractivity contribution in [1.29, 1.82) is 0 Å². The number of aromatic nitrogens is 2. The molecule has 3 aliphatic heterocycles. The summed E-state index contributed by atoms with van der Waals surface area (Å²) in [6.07, 6.45) is 2.05. The average molecular weight is 777 g/mol. The Hall–Kier alpha value is -4.94. The number of hydrogen-bond acceptors (Lipinski definition) is 10. The largest absolute Gasteiger partial charge is 0.497 e. The van der Waals surface area contributed by atoms with E-state index >= 15 is 0 Å². The van der Waals surface area contributed by atoms with Crippen LogP contribution in [-0.4, -0.2) is 65.7 Å². The van der Waals surface area contributed by atoms with Crippen molar-refractivity contribution in [3.8, 4) is 11.5 Å². The summed E-state index contributed by atoms with van der Waals surface area (Å²) in [7, 11) is 1.83. The van der Waals surface area contributed by atoms with Crippen LogP contribution in [0.3, 0.4) is 0 Å². The maximum absolute atomic E-state index is 13.4. The van der Waals surface area contributed by atoms with Gasteiger partial charge in [0.2, 0.25) is 5.91 Å². The monoisotopic (exact) mass is 776 g/mol. The lowest BCUT2D eigenvalue weighted by Gasteiger charge is -2.37. The topological polar surface area (TPSA) is 123 Å². The molecule has 4 aromatic carbocycles. The molecule has 5 aromatic rings. The van der Waals surface area contributed by atoms with Gasteiger partial charge in [0.1, 0.15) is 41.4 Å². The van der Waals surface area contributed by atoms with Gasteiger partial charge in [-0.25, -0.2) is 9.46 Å². The smallest absolute Gasteiger partial charge is 0.351 e. The van der Waals surface area contributed by atoms with Crippen molar-refractivity contribution in [1.82, 2.24) is 14.2 Å². The van der Waals surface area contributed by atoms with Gasteiger partial charge < -0.3 is 33.3 Å². The maximum atomic E-state index is 13.4. The summed E-state index contributed by atoms with van der Waals surface area (Å²) in [5, 5.41) is 2.58. The molecule has 1 N–H and O–H groups in total. The van der Waals surface area contributed by atoms with Crippen LogP contribution in [0, 0.1) is 0 Å². The molecule has 290 valence electrons. The molecule has 3 saturated heterocycles. The third-order valence-corrected chi connectivity index (χ3v) is 12.4. The van der Waals surface area contributed by atoms with Crippen LogP contribution in [0.1, 0.15) is 60.8 Å². The summed E-state index contributed by atoms with van der Waals surface area (Å²) >= 11 is 0. The van der Waals surface area contributed by atoms with E-state index in [1.165, 1.54) is 11.5 Å². The zero-order chi connectivity index (χ0) is 38.6. The number of ether oxygens (including phenoxy) is 4. The van der Waals surface area contributed by atoms with Crippen LogP contribution >= 0.6 is 8.53 Å². The number of methoxy groups -OCH3 is 2. The highest BCUT2D eigenvalue weighted by Crippen LogP contribution is 2.61. The molecule has 0 spiro atoms. The van der Waals surface area contributed by atoms with E-state index in [4.69, 9.17) is 28.0 Å². The summed E-state index contributed by atoms with van der Waals surface area (Å²) in [4.78, 5) is 29.2. The van der Waals surface area contributed by atoms with Gasteiger partial charge in [-0.05, 0) is 65.4 Å². The van der Waals surface area contributed by atoms with Gasteiger partial charge >= 0.3 is 5.69 Å². The van der Waals surface area contributed by atoms with Crippen molar-refractivity contribution in [2.24, 2.45) is 0 Å². The first kappa shape index (κ1) is 38.0. The lowest BCUT2D eigenvalue weighted by molar-refractivity contribution is -0.114. The molecule has 1 unspecified atom stereocenters. The Kier molecular flexibility index (Phi) is 11.3. The van der Waals surface area contributed by atoms with Crippen LogP contribution in [0.5, 0.6) is 11.5 Å². The Morgan fingerprint density at radius 1 is 0.875 bits per heavy atom. The lowest BCUT2D eigenvalue weighted by Crippen LogP contribution is -2.38. The molecule has 8 rings (SSSR count). The Morgan fingerprint density at radius 3 is 2.11 bits per heavy atom. The van der Waals surface area contributed by atoms with Gasteiger partial charge in [-0.15, -0.1) is 0 Å². The first-order valence-corrected chi connectivity index (χ1v) is 20.0. The summed E-state index contributed by atoms with van der Waals surface area (Å²) in [5.74, 6) is 1.29. The van der Waals surface area contributed by atoms with E-state index < -0.39 is 38.3 Å². The Morgan fingerprint density at radius 2 is 1.50 bits per heavy atom. The molecule has 0 aliphatic carbocycles. The lowest BCUT2D eigenvalue weighted by atomic mass is 9.80. The standard InChI is InChI=1S/C43H45N4O8P/c1-29(48)44-39-24-26-46(42(49)45-39)40-27-37(54-56-47-25-10-15-36(47)41(55-56)30-11-6-4-7-12-30)38(53-40)28-52-43(31-13-8-5-9-14-31,32-16-20-34(50-2)21-17-32)33-18-22-35(51-3)23-19-33/h4-9,11-14,16-24,26,36-38,40-41H,10,15,25,27-28H2,1-3H3,(H,44,45,48,49)/t36-,37+,38-,40-,41+,56?/m1/s1. The van der Waals surface area contributed by atoms with Crippen molar-refractivity contribution < 1.29 is 32.8 Å². The number of carbonyl (C=O) groups excluding carboxylic acids is 1. The Bertz CT molecular complexity index is 2110. The van der Waals surface area contributed by atoms with Gasteiger partial charge in [0.15, 0.2) is 0 Å². The number of nitrogens with zero attached hydrogens (tertiary/aromatic N) is 3. The van der Waals surface area contributed by atoms with E-state index in [1.54, 1.807) is 26.5 Å². The molecule has 6 atom stereocenters. The average Bonchev–Trinajstić information content (AvgIpc) is 3.96. The summed E-state index contributed by atoms with van der Waals surface area (Å²) < 4.78 is 42.7. The number of anilines is 1. The van der Waals surface area contributed by atoms with Crippen molar-refractivity contribution in [3.63, 3.8) is 0 Å². The zero-order valence-electron chi connectivity index (χ0n) is 31.5. The van der Waals surface area contributed by atoms with Crippen molar-refractivity contribution in [2.45, 2.75) is 62.4 Å². The van der Waals surface area contributed by atoms with Gasteiger partial charge in [0.05, 0.1) is 26.9 Å². The van der Waals surface area contributed by atoms with Crippen LogP contribution < -0.4 is 20.5 Å². The predicted octanol–water partition coefficient (Wildman–Crippen LogP) is 7.36. The summed E-state index contributed by atoms with van der Waals surface area (Å²) in [6.45, 7) is 2.33. The number of nitrogens with one attached hydrogen (secondary N) is 1. The van der Waals surface area contributed by atoms with Crippen LogP contribution in [-0.2, 0) is 28.9 Å². The van der Waals surface area contributed by atoms with Gasteiger partial charge in [-0.2, -0.15) is 4.98 Å². The number of carbonyl (C=O) groups is 1. The number of amides is 1. The van der Waals surface area contributed by atoms with E-state index in [9.17, 15) is 9.59 Å².